The van der Waals surface area contributed by atoms with Gasteiger partial charge < -0.3 is 5.32 Å². The van der Waals surface area contributed by atoms with Gasteiger partial charge in [-0.1, -0.05) is 32.4 Å². The minimum Gasteiger partial charge on any atom is -0.382 e. The van der Waals surface area contributed by atoms with Crippen LogP contribution in [0.15, 0.2) is 24.3 Å². The van der Waals surface area contributed by atoms with Gasteiger partial charge in [0.05, 0.1) is 0 Å². The lowest BCUT2D eigenvalue weighted by molar-refractivity contribution is 0.296. The first-order valence-electron chi connectivity index (χ1n) is 8.36. The van der Waals surface area contributed by atoms with Crippen LogP contribution in [0.2, 0.25) is 0 Å². The lowest BCUT2D eigenvalue weighted by atomic mass is 9.95. The predicted octanol–water partition coefficient (Wildman–Crippen LogP) is 4.13. The van der Waals surface area contributed by atoms with E-state index in [0.29, 0.717) is 0 Å². The second-order valence-corrected chi connectivity index (χ2v) is 6.59. The third-order valence-electron chi connectivity index (χ3n) is 5.32. The molecule has 0 amide bonds. The monoisotopic (exact) mass is 272 g/mol. The molecule has 2 heteroatoms. The highest BCUT2D eigenvalue weighted by molar-refractivity contribution is 5.47. The SMILES string of the molecule is CCN(CC)Cc1cccc(NC2CC3CCC2C3)c1. The van der Waals surface area contributed by atoms with Crippen LogP contribution in [-0.4, -0.2) is 24.0 Å². The summed E-state index contributed by atoms with van der Waals surface area (Å²) < 4.78 is 0. The van der Waals surface area contributed by atoms with Crippen LogP contribution in [-0.2, 0) is 6.54 Å². The lowest BCUT2D eigenvalue weighted by Gasteiger charge is -2.24. The Labute approximate surface area is 123 Å². The van der Waals surface area contributed by atoms with Crippen LogP contribution < -0.4 is 5.32 Å². The number of nitrogens with one attached hydrogen (secondary N) is 1. The third kappa shape index (κ3) is 3.01. The van der Waals surface area contributed by atoms with Crippen LogP contribution in [0.4, 0.5) is 5.69 Å². The first-order chi connectivity index (χ1) is 9.78. The van der Waals surface area contributed by atoms with E-state index in [1.54, 1.807) is 0 Å². The van der Waals surface area contributed by atoms with Gasteiger partial charge in [-0.2, -0.15) is 0 Å². The zero-order chi connectivity index (χ0) is 13.9. The second kappa shape index (κ2) is 6.17. The molecular formula is C18H28N2. The molecule has 2 aliphatic rings. The Morgan fingerprint density at radius 1 is 1.15 bits per heavy atom. The molecule has 2 saturated carbocycles. The quantitative estimate of drug-likeness (QED) is 0.837. The Morgan fingerprint density at radius 2 is 2.00 bits per heavy atom. The van der Waals surface area contributed by atoms with Gasteiger partial charge in [0.25, 0.3) is 0 Å². The molecule has 0 spiro atoms. The number of fused-ring (bicyclic) bond motifs is 2. The predicted molar refractivity (Wildman–Crippen MR) is 85.9 cm³/mol. The average molecular weight is 272 g/mol. The minimum atomic E-state index is 0.734. The van der Waals surface area contributed by atoms with Gasteiger partial charge >= 0.3 is 0 Å². The smallest absolute Gasteiger partial charge is 0.0345 e. The van der Waals surface area contributed by atoms with Gasteiger partial charge in [0.15, 0.2) is 0 Å². The Bertz CT molecular complexity index is 439. The molecular weight excluding hydrogens is 244 g/mol. The summed E-state index contributed by atoms with van der Waals surface area (Å²) >= 11 is 0. The average Bonchev–Trinajstić information content (AvgIpc) is 3.07. The highest BCUT2D eigenvalue weighted by Gasteiger charge is 2.39. The fraction of sp³-hybridized carbons (Fsp3) is 0.667. The fourth-order valence-electron chi connectivity index (χ4n) is 4.10. The molecule has 20 heavy (non-hydrogen) atoms. The maximum Gasteiger partial charge on any atom is 0.0345 e. The van der Waals surface area contributed by atoms with E-state index in [0.717, 1.165) is 37.5 Å². The van der Waals surface area contributed by atoms with E-state index in [9.17, 15) is 0 Å². The van der Waals surface area contributed by atoms with Crippen molar-refractivity contribution in [1.29, 1.82) is 0 Å². The minimum absolute atomic E-state index is 0.734. The van der Waals surface area contributed by atoms with Crippen LogP contribution >= 0.6 is 0 Å². The number of hydrogen-bond acceptors (Lipinski definition) is 2. The van der Waals surface area contributed by atoms with Crippen molar-refractivity contribution < 1.29 is 0 Å². The molecule has 0 radical (unpaired) electrons. The van der Waals surface area contributed by atoms with Gasteiger partial charge in [0, 0.05) is 18.3 Å². The number of hydrogen-bond donors (Lipinski definition) is 1. The van der Waals surface area contributed by atoms with Crippen molar-refractivity contribution in [2.24, 2.45) is 11.8 Å². The van der Waals surface area contributed by atoms with E-state index in [1.807, 2.05) is 0 Å². The Balaban J connectivity index is 1.62. The molecule has 0 heterocycles. The van der Waals surface area contributed by atoms with Gasteiger partial charge in [-0.05, 0) is 61.9 Å². The number of anilines is 1. The molecule has 0 aliphatic heterocycles. The highest BCUT2D eigenvalue weighted by atomic mass is 15.1. The standard InChI is InChI=1S/C18H28N2/c1-3-20(4-2)13-15-6-5-7-17(11-15)19-18-12-14-8-9-16(18)10-14/h5-7,11,14,16,18-19H,3-4,8-10,12-13H2,1-2H3. The van der Waals surface area contributed by atoms with Crippen molar-refractivity contribution >= 4 is 5.69 Å². The summed E-state index contributed by atoms with van der Waals surface area (Å²) in [6.45, 7) is 7.79. The third-order valence-corrected chi connectivity index (χ3v) is 5.32. The summed E-state index contributed by atoms with van der Waals surface area (Å²) in [5.74, 6) is 1.95. The summed E-state index contributed by atoms with van der Waals surface area (Å²) in [5, 5.41) is 3.80. The first-order valence-corrected chi connectivity index (χ1v) is 8.36. The van der Waals surface area contributed by atoms with Crippen LogP contribution in [0, 0.1) is 11.8 Å². The number of rotatable bonds is 6. The van der Waals surface area contributed by atoms with E-state index in [2.05, 4.69) is 48.3 Å². The molecule has 3 atom stereocenters. The van der Waals surface area contributed by atoms with E-state index in [4.69, 9.17) is 0 Å². The Kier molecular flexibility index (Phi) is 4.30. The maximum atomic E-state index is 3.80. The molecule has 0 aromatic heterocycles. The van der Waals surface area contributed by atoms with Crippen molar-refractivity contribution in [3.05, 3.63) is 29.8 Å². The van der Waals surface area contributed by atoms with Gasteiger partial charge in [-0.15, -0.1) is 0 Å². The molecule has 1 aromatic carbocycles. The molecule has 0 saturated heterocycles. The van der Waals surface area contributed by atoms with Crippen molar-refractivity contribution in [2.45, 2.75) is 52.1 Å². The van der Waals surface area contributed by atoms with Gasteiger partial charge in [-0.3, -0.25) is 4.90 Å². The summed E-state index contributed by atoms with van der Waals surface area (Å²) in [7, 11) is 0. The van der Waals surface area contributed by atoms with Gasteiger partial charge in [0.2, 0.25) is 0 Å². The maximum absolute atomic E-state index is 3.80. The summed E-state index contributed by atoms with van der Waals surface area (Å²) in [6.07, 6.45) is 5.79. The normalized spacial score (nSPS) is 28.2. The zero-order valence-corrected chi connectivity index (χ0v) is 12.9. The van der Waals surface area contributed by atoms with Crippen molar-refractivity contribution in [3.8, 4) is 0 Å². The molecule has 3 unspecified atom stereocenters. The molecule has 2 fully saturated rings. The fourth-order valence-corrected chi connectivity index (χ4v) is 4.10. The lowest BCUT2D eigenvalue weighted by Crippen LogP contribution is -2.26. The molecule has 2 aliphatic carbocycles. The topological polar surface area (TPSA) is 15.3 Å². The highest BCUT2D eigenvalue weighted by Crippen LogP contribution is 2.45. The van der Waals surface area contributed by atoms with Crippen LogP contribution in [0.5, 0.6) is 0 Å². The van der Waals surface area contributed by atoms with Crippen molar-refractivity contribution in [2.75, 3.05) is 18.4 Å². The van der Waals surface area contributed by atoms with E-state index >= 15 is 0 Å². The molecule has 1 N–H and O–H groups in total. The van der Waals surface area contributed by atoms with E-state index in [-0.39, 0.29) is 0 Å². The van der Waals surface area contributed by atoms with Crippen molar-refractivity contribution in [3.63, 3.8) is 0 Å². The summed E-state index contributed by atoms with van der Waals surface area (Å²) in [6, 6.07) is 9.78. The van der Waals surface area contributed by atoms with E-state index in [1.165, 1.54) is 36.9 Å². The molecule has 110 valence electrons. The van der Waals surface area contributed by atoms with Crippen LogP contribution in [0.25, 0.3) is 0 Å². The number of benzene rings is 1. The first kappa shape index (κ1) is 13.9. The summed E-state index contributed by atoms with van der Waals surface area (Å²) in [4.78, 5) is 2.47. The van der Waals surface area contributed by atoms with Crippen molar-refractivity contribution in [1.82, 2.24) is 4.90 Å². The zero-order valence-electron chi connectivity index (χ0n) is 12.9. The summed E-state index contributed by atoms with van der Waals surface area (Å²) in [5.41, 5.74) is 2.76. The Morgan fingerprint density at radius 3 is 2.65 bits per heavy atom. The van der Waals surface area contributed by atoms with Gasteiger partial charge in [-0.25, -0.2) is 0 Å². The molecule has 3 rings (SSSR count). The van der Waals surface area contributed by atoms with Crippen LogP contribution in [0.3, 0.4) is 0 Å². The largest absolute Gasteiger partial charge is 0.382 e. The molecule has 2 nitrogen and oxygen atoms in total. The Hall–Kier alpha value is -1.02. The number of nitrogens with zero attached hydrogens (tertiary/aromatic N) is 1. The second-order valence-electron chi connectivity index (χ2n) is 6.59. The van der Waals surface area contributed by atoms with Gasteiger partial charge in [0.1, 0.15) is 0 Å². The van der Waals surface area contributed by atoms with E-state index < -0.39 is 0 Å². The molecule has 2 bridgehead atoms. The molecule has 1 aromatic rings. The van der Waals surface area contributed by atoms with Crippen LogP contribution in [0.1, 0.15) is 45.1 Å².